The van der Waals surface area contributed by atoms with E-state index in [4.69, 9.17) is 16.2 Å². The Balaban J connectivity index is 1.57. The smallest absolute Gasteiger partial charge is 0.150 e. The molecule has 2 aromatic rings. The highest BCUT2D eigenvalue weighted by Crippen LogP contribution is 2.40. The van der Waals surface area contributed by atoms with Crippen LogP contribution in [-0.2, 0) is 0 Å². The number of anilines is 2. The molecule has 1 aliphatic carbocycles. The molecule has 0 bridgehead atoms. The molecule has 1 saturated carbocycles. The molecule has 0 atom stereocenters. The first-order valence-electron chi connectivity index (χ1n) is 11.5. The summed E-state index contributed by atoms with van der Waals surface area (Å²) in [6.45, 7) is 2.27. The predicted molar refractivity (Wildman–Crippen MR) is 125 cm³/mol. The number of nitrogens with two attached hydrogens (primary N) is 2. The molecular formula is C26H35N3O. The molecule has 1 aliphatic rings. The molecule has 3 rings (SSSR count). The van der Waals surface area contributed by atoms with E-state index in [1.165, 1.54) is 64.2 Å². The largest absolute Gasteiger partial charge is 0.455 e. The zero-order chi connectivity index (χ0) is 21.3. The maximum atomic E-state index is 9.72. The molecule has 2 aromatic carbocycles. The summed E-state index contributed by atoms with van der Waals surface area (Å²) in [6, 6.07) is 13.4. The molecule has 4 heteroatoms. The summed E-state index contributed by atoms with van der Waals surface area (Å²) in [5, 5.41) is 9.72. The number of unbranched alkanes of at least 4 members (excludes halogenated alkanes) is 4. The van der Waals surface area contributed by atoms with Crippen LogP contribution in [0.15, 0.2) is 36.4 Å². The summed E-state index contributed by atoms with van der Waals surface area (Å²) in [4.78, 5) is 0. The van der Waals surface area contributed by atoms with Gasteiger partial charge in [0, 0.05) is 5.69 Å². The monoisotopic (exact) mass is 405 g/mol. The standard InChI is InChI=1S/C26H35N3O/c1-2-3-4-5-6-7-19-8-10-20(11-9-19)24-14-13-23(16-21(24)18-27)30-26-15-12-22(28)17-25(26)29/h12-17,19-20H,2-11,28-29H2,1H3. The molecule has 1 fully saturated rings. The lowest BCUT2D eigenvalue weighted by Gasteiger charge is -2.29. The number of nitrogens with zero attached hydrogens (tertiary/aromatic N) is 1. The molecule has 4 nitrogen and oxygen atoms in total. The number of benzene rings is 2. The lowest BCUT2D eigenvalue weighted by molar-refractivity contribution is 0.301. The summed E-state index contributed by atoms with van der Waals surface area (Å²) in [5.74, 6) is 2.53. The zero-order valence-electron chi connectivity index (χ0n) is 18.2. The second kappa shape index (κ2) is 10.9. The minimum Gasteiger partial charge on any atom is -0.455 e. The van der Waals surface area contributed by atoms with Gasteiger partial charge in [0.05, 0.1) is 17.3 Å². The number of ether oxygens (including phenoxy) is 1. The van der Waals surface area contributed by atoms with Gasteiger partial charge in [-0.2, -0.15) is 5.26 Å². The number of hydrogen-bond donors (Lipinski definition) is 2. The highest BCUT2D eigenvalue weighted by molar-refractivity contribution is 5.61. The van der Waals surface area contributed by atoms with E-state index in [9.17, 15) is 5.26 Å². The summed E-state index contributed by atoms with van der Waals surface area (Å²) in [6.07, 6.45) is 13.1. The second-order valence-electron chi connectivity index (χ2n) is 8.68. The van der Waals surface area contributed by atoms with E-state index in [0.717, 1.165) is 11.5 Å². The Morgan fingerprint density at radius 1 is 0.967 bits per heavy atom. The molecule has 0 heterocycles. The van der Waals surface area contributed by atoms with Gasteiger partial charge in [0.1, 0.15) is 11.5 Å². The Bertz CT molecular complexity index is 863. The molecule has 0 saturated heterocycles. The number of nitriles is 1. The maximum absolute atomic E-state index is 9.72. The van der Waals surface area contributed by atoms with E-state index >= 15 is 0 Å². The van der Waals surface area contributed by atoms with Gasteiger partial charge in [-0.1, -0.05) is 51.5 Å². The SMILES string of the molecule is CCCCCCCC1CCC(c2ccc(Oc3ccc(N)cc3N)cc2C#N)CC1. The van der Waals surface area contributed by atoms with Crippen LogP contribution in [0.3, 0.4) is 0 Å². The molecule has 0 radical (unpaired) electrons. The first-order valence-corrected chi connectivity index (χ1v) is 11.5. The van der Waals surface area contributed by atoms with Crippen molar-refractivity contribution in [3.63, 3.8) is 0 Å². The van der Waals surface area contributed by atoms with Crippen molar-refractivity contribution in [1.29, 1.82) is 5.26 Å². The van der Waals surface area contributed by atoms with Gasteiger partial charge in [-0.05, 0) is 73.4 Å². The van der Waals surface area contributed by atoms with E-state index < -0.39 is 0 Å². The summed E-state index contributed by atoms with van der Waals surface area (Å²) in [7, 11) is 0. The Morgan fingerprint density at radius 3 is 2.43 bits per heavy atom. The van der Waals surface area contributed by atoms with Gasteiger partial charge >= 0.3 is 0 Å². The Morgan fingerprint density at radius 2 is 1.73 bits per heavy atom. The molecule has 0 aliphatic heterocycles. The van der Waals surface area contributed by atoms with Crippen LogP contribution in [0.25, 0.3) is 0 Å². The van der Waals surface area contributed by atoms with Gasteiger partial charge in [-0.25, -0.2) is 0 Å². The average molecular weight is 406 g/mol. The maximum Gasteiger partial charge on any atom is 0.150 e. The highest BCUT2D eigenvalue weighted by atomic mass is 16.5. The minimum absolute atomic E-state index is 0.478. The zero-order valence-corrected chi connectivity index (χ0v) is 18.2. The van der Waals surface area contributed by atoms with E-state index in [-0.39, 0.29) is 0 Å². The lowest BCUT2D eigenvalue weighted by Crippen LogP contribution is -2.14. The Labute approximate surface area is 181 Å². The molecular weight excluding hydrogens is 370 g/mol. The Hall–Kier alpha value is -2.67. The van der Waals surface area contributed by atoms with Crippen molar-refractivity contribution in [2.24, 2.45) is 5.92 Å². The van der Waals surface area contributed by atoms with Crippen LogP contribution in [0.1, 0.15) is 88.2 Å². The number of hydrogen-bond acceptors (Lipinski definition) is 4. The second-order valence-corrected chi connectivity index (χ2v) is 8.68. The van der Waals surface area contributed by atoms with Crippen LogP contribution in [0.2, 0.25) is 0 Å². The van der Waals surface area contributed by atoms with Gasteiger partial charge in [0.2, 0.25) is 0 Å². The molecule has 30 heavy (non-hydrogen) atoms. The van der Waals surface area contributed by atoms with Gasteiger partial charge in [-0.3, -0.25) is 0 Å². The summed E-state index contributed by atoms with van der Waals surface area (Å²) >= 11 is 0. The van der Waals surface area contributed by atoms with Crippen molar-refractivity contribution in [2.75, 3.05) is 11.5 Å². The van der Waals surface area contributed by atoms with E-state index in [2.05, 4.69) is 19.1 Å². The van der Waals surface area contributed by atoms with Crippen LogP contribution in [-0.4, -0.2) is 0 Å². The van der Waals surface area contributed by atoms with Gasteiger partial charge in [-0.15, -0.1) is 0 Å². The minimum atomic E-state index is 0.478. The predicted octanol–water partition coefficient (Wildman–Crippen LogP) is 7.15. The van der Waals surface area contributed by atoms with Crippen molar-refractivity contribution >= 4 is 11.4 Å². The first kappa shape index (κ1) is 22.0. The van der Waals surface area contributed by atoms with Gasteiger partial charge in [0.15, 0.2) is 0 Å². The number of nitrogen functional groups attached to an aromatic ring is 2. The van der Waals surface area contributed by atoms with Crippen LogP contribution < -0.4 is 16.2 Å². The van der Waals surface area contributed by atoms with Crippen LogP contribution in [0.5, 0.6) is 11.5 Å². The fraction of sp³-hybridized carbons (Fsp3) is 0.500. The lowest BCUT2D eigenvalue weighted by atomic mass is 9.76. The molecule has 0 amide bonds. The summed E-state index contributed by atoms with van der Waals surface area (Å²) < 4.78 is 5.91. The average Bonchev–Trinajstić information content (AvgIpc) is 2.76. The molecule has 0 aromatic heterocycles. The quantitative estimate of drug-likeness (QED) is 0.342. The van der Waals surface area contributed by atoms with Gasteiger partial charge in [0.25, 0.3) is 0 Å². The van der Waals surface area contributed by atoms with Crippen molar-refractivity contribution < 1.29 is 4.74 Å². The van der Waals surface area contributed by atoms with E-state index in [0.29, 0.717) is 34.4 Å². The van der Waals surface area contributed by atoms with Crippen LogP contribution in [0.4, 0.5) is 11.4 Å². The molecule has 0 unspecified atom stereocenters. The molecule has 160 valence electrons. The van der Waals surface area contributed by atoms with Crippen molar-refractivity contribution in [3.8, 4) is 17.6 Å². The normalized spacial score (nSPS) is 18.7. The third-order valence-electron chi connectivity index (χ3n) is 6.41. The van der Waals surface area contributed by atoms with E-state index in [1.54, 1.807) is 18.2 Å². The van der Waals surface area contributed by atoms with E-state index in [1.807, 2.05) is 12.1 Å². The Kier molecular flexibility index (Phi) is 8.02. The number of rotatable bonds is 9. The summed E-state index contributed by atoms with van der Waals surface area (Å²) in [5.41, 5.74) is 14.7. The topological polar surface area (TPSA) is 85.1 Å². The van der Waals surface area contributed by atoms with Crippen molar-refractivity contribution in [3.05, 3.63) is 47.5 Å². The molecule has 0 spiro atoms. The third-order valence-corrected chi connectivity index (χ3v) is 6.41. The van der Waals surface area contributed by atoms with Crippen LogP contribution >= 0.6 is 0 Å². The fourth-order valence-corrected chi connectivity index (χ4v) is 4.64. The van der Waals surface area contributed by atoms with Crippen molar-refractivity contribution in [1.82, 2.24) is 0 Å². The third kappa shape index (κ3) is 5.92. The highest BCUT2D eigenvalue weighted by Gasteiger charge is 2.24. The first-order chi connectivity index (χ1) is 14.6. The fourth-order valence-electron chi connectivity index (χ4n) is 4.64. The van der Waals surface area contributed by atoms with Crippen molar-refractivity contribution in [2.45, 2.75) is 77.0 Å². The van der Waals surface area contributed by atoms with Gasteiger partial charge < -0.3 is 16.2 Å². The molecule has 4 N–H and O–H groups in total. The van der Waals surface area contributed by atoms with Crippen LogP contribution in [0, 0.1) is 17.2 Å².